The van der Waals surface area contributed by atoms with Gasteiger partial charge in [0, 0.05) is 12.8 Å². The Balaban J connectivity index is 3.40. The molecule has 0 heterocycles. The largest absolute Gasteiger partial charge is 0.469 e. The lowest BCUT2D eigenvalue weighted by Gasteiger charge is -2.10. The maximum atomic E-state index is 11.4. The number of rotatable bonds is 11. The molecule has 0 aromatic rings. The van der Waals surface area contributed by atoms with E-state index >= 15 is 0 Å². The van der Waals surface area contributed by atoms with E-state index < -0.39 is 5.56 Å². The highest BCUT2D eigenvalue weighted by Gasteiger charge is 2.10. The predicted octanol–water partition coefficient (Wildman–Crippen LogP) is 3.80. The normalized spacial score (nSPS) is 11.9. The number of ether oxygens (including phenoxy) is 2. The van der Waals surface area contributed by atoms with Crippen molar-refractivity contribution >= 4 is 23.5 Å². The Morgan fingerprint density at radius 1 is 1.00 bits per heavy atom. The van der Waals surface area contributed by atoms with Crippen molar-refractivity contribution < 1.29 is 19.1 Å². The quantitative estimate of drug-likeness (QED) is 0.330. The van der Waals surface area contributed by atoms with Gasteiger partial charge in [0.1, 0.15) is 0 Å². The first-order valence-corrected chi connectivity index (χ1v) is 7.44. The molecule has 19 heavy (non-hydrogen) atoms. The van der Waals surface area contributed by atoms with Crippen LogP contribution in [0.1, 0.15) is 64.7 Å². The maximum absolute atomic E-state index is 11.4. The highest BCUT2D eigenvalue weighted by atomic mass is 35.5. The second-order valence-electron chi connectivity index (χ2n) is 4.53. The first kappa shape index (κ1) is 18.2. The fourth-order valence-corrected chi connectivity index (χ4v) is 1.87. The van der Waals surface area contributed by atoms with Crippen molar-refractivity contribution in [2.24, 2.45) is 0 Å². The Morgan fingerprint density at radius 2 is 1.58 bits per heavy atom. The van der Waals surface area contributed by atoms with Crippen LogP contribution in [0.2, 0.25) is 0 Å². The van der Waals surface area contributed by atoms with Crippen LogP contribution in [-0.2, 0) is 19.1 Å². The molecule has 0 spiro atoms. The van der Waals surface area contributed by atoms with Gasteiger partial charge in [0.2, 0.25) is 0 Å². The number of carbonyl (C=O) groups excluding carboxylic acids is 2. The molecule has 0 rings (SSSR count). The number of carbonyl (C=O) groups is 2. The summed E-state index contributed by atoms with van der Waals surface area (Å²) >= 11 is 5.87. The summed E-state index contributed by atoms with van der Waals surface area (Å²) in [5, 5.41) is 0. The molecule has 0 aromatic carbocycles. The van der Waals surface area contributed by atoms with Crippen molar-refractivity contribution in [3.63, 3.8) is 0 Å². The lowest BCUT2D eigenvalue weighted by molar-refractivity contribution is -0.146. The number of hydrogen-bond acceptors (Lipinski definition) is 4. The molecule has 112 valence electrons. The van der Waals surface area contributed by atoms with Crippen LogP contribution in [0.3, 0.4) is 0 Å². The molecule has 1 atom stereocenters. The summed E-state index contributed by atoms with van der Waals surface area (Å²) in [6.07, 6.45) is 6.97. The third kappa shape index (κ3) is 12.0. The lowest BCUT2D eigenvalue weighted by atomic mass is 10.1. The van der Waals surface area contributed by atoms with Crippen molar-refractivity contribution in [1.82, 2.24) is 0 Å². The summed E-state index contributed by atoms with van der Waals surface area (Å²) in [5.74, 6) is -0.413. The summed E-state index contributed by atoms with van der Waals surface area (Å²) in [7, 11) is 1.39. The van der Waals surface area contributed by atoms with E-state index in [1.54, 1.807) is 0 Å². The fourth-order valence-electron chi connectivity index (χ4n) is 1.62. The van der Waals surface area contributed by atoms with E-state index in [1.165, 1.54) is 7.11 Å². The molecule has 0 aromatic heterocycles. The third-order valence-electron chi connectivity index (χ3n) is 2.78. The zero-order valence-corrected chi connectivity index (χ0v) is 12.7. The predicted molar refractivity (Wildman–Crippen MR) is 75.0 cm³/mol. The van der Waals surface area contributed by atoms with Gasteiger partial charge in [-0.2, -0.15) is 0 Å². The van der Waals surface area contributed by atoms with Crippen molar-refractivity contribution in [2.75, 3.05) is 7.11 Å². The van der Waals surface area contributed by atoms with Gasteiger partial charge in [0.15, 0.2) is 5.56 Å². The summed E-state index contributed by atoms with van der Waals surface area (Å²) < 4.78 is 9.61. The van der Waals surface area contributed by atoms with Crippen LogP contribution in [-0.4, -0.2) is 24.6 Å². The number of halogens is 1. The number of methoxy groups -OCH3 is 1. The molecular formula is C14H25ClO4. The van der Waals surface area contributed by atoms with Crippen molar-refractivity contribution in [3.05, 3.63) is 0 Å². The molecule has 5 heteroatoms. The lowest BCUT2D eigenvalue weighted by Crippen LogP contribution is -2.12. The molecule has 0 amide bonds. The van der Waals surface area contributed by atoms with Gasteiger partial charge >= 0.3 is 11.9 Å². The van der Waals surface area contributed by atoms with Gasteiger partial charge in [-0.05, 0) is 25.7 Å². The number of esters is 2. The van der Waals surface area contributed by atoms with Gasteiger partial charge in [-0.25, -0.2) is 0 Å². The summed E-state index contributed by atoms with van der Waals surface area (Å²) in [5.41, 5.74) is -0.494. The molecule has 0 radical (unpaired) electrons. The number of alkyl halides is 1. The molecule has 0 bridgehead atoms. The maximum Gasteiger partial charge on any atom is 0.307 e. The van der Waals surface area contributed by atoms with Gasteiger partial charge < -0.3 is 9.47 Å². The summed E-state index contributed by atoms with van der Waals surface area (Å²) in [6, 6.07) is 0. The molecule has 0 aliphatic heterocycles. The molecule has 0 aliphatic carbocycles. The molecule has 0 saturated heterocycles. The SMILES string of the molecule is CCCCC(Cl)OC(=O)CCCCCCC(=O)OC. The van der Waals surface area contributed by atoms with E-state index in [0.717, 1.165) is 38.5 Å². The topological polar surface area (TPSA) is 52.6 Å². The number of unbranched alkanes of at least 4 members (excludes halogenated alkanes) is 4. The molecule has 0 N–H and O–H groups in total. The van der Waals surface area contributed by atoms with Gasteiger partial charge in [-0.15, -0.1) is 0 Å². The van der Waals surface area contributed by atoms with Crippen molar-refractivity contribution in [1.29, 1.82) is 0 Å². The first-order valence-electron chi connectivity index (χ1n) is 7.00. The zero-order chi connectivity index (χ0) is 14.5. The van der Waals surface area contributed by atoms with Crippen LogP contribution in [0.5, 0.6) is 0 Å². The monoisotopic (exact) mass is 292 g/mol. The van der Waals surface area contributed by atoms with Crippen molar-refractivity contribution in [2.45, 2.75) is 70.3 Å². The highest BCUT2D eigenvalue weighted by molar-refractivity contribution is 6.20. The average molecular weight is 293 g/mol. The van der Waals surface area contributed by atoms with Gasteiger partial charge in [-0.3, -0.25) is 9.59 Å². The van der Waals surface area contributed by atoms with Gasteiger partial charge in [0.05, 0.1) is 7.11 Å². The minimum absolute atomic E-state index is 0.180. The minimum atomic E-state index is -0.494. The molecule has 4 nitrogen and oxygen atoms in total. The molecular weight excluding hydrogens is 268 g/mol. The Hall–Kier alpha value is -0.770. The van der Waals surface area contributed by atoms with E-state index in [0.29, 0.717) is 19.3 Å². The third-order valence-corrected chi connectivity index (χ3v) is 3.09. The van der Waals surface area contributed by atoms with E-state index in [4.69, 9.17) is 16.3 Å². The van der Waals surface area contributed by atoms with Crippen LogP contribution in [0.15, 0.2) is 0 Å². The van der Waals surface area contributed by atoms with Crippen LogP contribution in [0.25, 0.3) is 0 Å². The van der Waals surface area contributed by atoms with Gasteiger partial charge in [-0.1, -0.05) is 37.8 Å². The highest BCUT2D eigenvalue weighted by Crippen LogP contribution is 2.12. The molecule has 0 aliphatic rings. The fraction of sp³-hybridized carbons (Fsp3) is 0.857. The van der Waals surface area contributed by atoms with E-state index in [-0.39, 0.29) is 11.9 Å². The second kappa shape index (κ2) is 12.3. The Labute approximate surface area is 120 Å². The van der Waals surface area contributed by atoms with E-state index in [9.17, 15) is 9.59 Å². The van der Waals surface area contributed by atoms with Gasteiger partial charge in [0.25, 0.3) is 0 Å². The van der Waals surface area contributed by atoms with Crippen LogP contribution < -0.4 is 0 Å². The molecule has 0 saturated carbocycles. The van der Waals surface area contributed by atoms with Crippen LogP contribution >= 0.6 is 11.6 Å². The van der Waals surface area contributed by atoms with E-state index in [1.807, 2.05) is 0 Å². The Bertz CT molecular complexity index is 256. The van der Waals surface area contributed by atoms with Crippen molar-refractivity contribution in [3.8, 4) is 0 Å². The summed E-state index contributed by atoms with van der Waals surface area (Å²) in [4.78, 5) is 22.3. The standard InChI is InChI=1S/C14H25ClO4/c1-3-4-9-12(15)19-14(17)11-8-6-5-7-10-13(16)18-2/h12H,3-11H2,1-2H3. The first-order chi connectivity index (χ1) is 9.10. The zero-order valence-electron chi connectivity index (χ0n) is 12.0. The van der Waals surface area contributed by atoms with Crippen LogP contribution in [0.4, 0.5) is 0 Å². The van der Waals surface area contributed by atoms with E-state index in [2.05, 4.69) is 11.7 Å². The summed E-state index contributed by atoms with van der Waals surface area (Å²) in [6.45, 7) is 2.07. The number of hydrogen-bond donors (Lipinski definition) is 0. The Kier molecular flexibility index (Phi) is 11.8. The molecule has 0 fully saturated rings. The van der Waals surface area contributed by atoms with Crippen LogP contribution in [0, 0.1) is 0 Å². The second-order valence-corrected chi connectivity index (χ2v) is 5.02. The Morgan fingerprint density at radius 3 is 2.11 bits per heavy atom. The average Bonchev–Trinajstić information content (AvgIpc) is 2.39. The minimum Gasteiger partial charge on any atom is -0.469 e. The molecule has 1 unspecified atom stereocenters. The smallest absolute Gasteiger partial charge is 0.307 e.